The maximum Gasteiger partial charge on any atom is 0.234 e. The highest BCUT2D eigenvalue weighted by molar-refractivity contribution is 7.99. The van der Waals surface area contributed by atoms with Crippen molar-refractivity contribution in [3.63, 3.8) is 0 Å². The monoisotopic (exact) mass is 432 g/mol. The standard InChI is InChI=1S/C21H22F2N4O2S/c1-4-14-5-8-16(9-6-14)24-19(28)12-30-21-26-25-20(27(21)3)13(2)29-18-10-7-15(22)11-17(18)23/h5-11,13H,4,12H2,1-3H3,(H,24,28). The molecule has 6 nitrogen and oxygen atoms in total. The van der Waals surface area contributed by atoms with Crippen LogP contribution < -0.4 is 10.1 Å². The molecule has 0 radical (unpaired) electrons. The van der Waals surface area contributed by atoms with Crippen molar-refractivity contribution in [2.75, 3.05) is 11.1 Å². The first-order valence-electron chi connectivity index (χ1n) is 9.40. The molecule has 0 aliphatic carbocycles. The fraction of sp³-hybridized carbons (Fsp3) is 0.286. The van der Waals surface area contributed by atoms with Crippen molar-refractivity contribution in [2.24, 2.45) is 7.05 Å². The first kappa shape index (κ1) is 21.8. The second-order valence-corrected chi connectivity index (χ2v) is 7.56. The number of rotatable bonds is 8. The lowest BCUT2D eigenvalue weighted by Crippen LogP contribution is -2.15. The molecule has 1 atom stereocenters. The molecule has 9 heteroatoms. The molecule has 0 aliphatic rings. The first-order valence-corrected chi connectivity index (χ1v) is 10.4. The van der Waals surface area contributed by atoms with E-state index in [-0.39, 0.29) is 17.4 Å². The molecule has 1 amide bonds. The summed E-state index contributed by atoms with van der Waals surface area (Å²) < 4.78 is 34.1. The van der Waals surface area contributed by atoms with Gasteiger partial charge in [0.25, 0.3) is 0 Å². The smallest absolute Gasteiger partial charge is 0.234 e. The zero-order valence-corrected chi connectivity index (χ0v) is 17.7. The first-order chi connectivity index (χ1) is 14.4. The number of thioether (sulfide) groups is 1. The summed E-state index contributed by atoms with van der Waals surface area (Å²) in [5, 5.41) is 11.5. The van der Waals surface area contributed by atoms with Crippen LogP contribution in [0.1, 0.15) is 31.3 Å². The van der Waals surface area contributed by atoms with Crippen molar-refractivity contribution in [2.45, 2.75) is 31.5 Å². The number of hydrogen-bond acceptors (Lipinski definition) is 5. The van der Waals surface area contributed by atoms with E-state index in [0.29, 0.717) is 11.0 Å². The zero-order chi connectivity index (χ0) is 21.7. The highest BCUT2D eigenvalue weighted by atomic mass is 32.2. The Hall–Kier alpha value is -2.94. The van der Waals surface area contributed by atoms with E-state index in [1.54, 1.807) is 18.5 Å². The molecular formula is C21H22F2N4O2S. The molecule has 0 bridgehead atoms. The molecule has 158 valence electrons. The van der Waals surface area contributed by atoms with Crippen LogP contribution in [0.15, 0.2) is 47.6 Å². The highest BCUT2D eigenvalue weighted by Crippen LogP contribution is 2.26. The summed E-state index contributed by atoms with van der Waals surface area (Å²) in [6, 6.07) is 10.8. The Morgan fingerprint density at radius 1 is 1.20 bits per heavy atom. The Morgan fingerprint density at radius 3 is 2.60 bits per heavy atom. The van der Waals surface area contributed by atoms with Gasteiger partial charge in [0.15, 0.2) is 28.7 Å². The largest absolute Gasteiger partial charge is 0.480 e. The fourth-order valence-corrected chi connectivity index (χ4v) is 3.49. The van der Waals surface area contributed by atoms with Gasteiger partial charge >= 0.3 is 0 Å². The van der Waals surface area contributed by atoms with Crippen LogP contribution >= 0.6 is 11.8 Å². The lowest BCUT2D eigenvalue weighted by molar-refractivity contribution is -0.113. The van der Waals surface area contributed by atoms with Crippen LogP contribution in [0.2, 0.25) is 0 Å². The van der Waals surface area contributed by atoms with E-state index >= 15 is 0 Å². The zero-order valence-electron chi connectivity index (χ0n) is 16.9. The minimum absolute atomic E-state index is 0.0745. The average Bonchev–Trinajstić information content (AvgIpc) is 3.09. The van der Waals surface area contributed by atoms with Crippen LogP contribution in [0.5, 0.6) is 5.75 Å². The molecule has 0 saturated carbocycles. The van der Waals surface area contributed by atoms with Crippen LogP contribution in [0, 0.1) is 11.6 Å². The second-order valence-electron chi connectivity index (χ2n) is 6.62. The summed E-state index contributed by atoms with van der Waals surface area (Å²) >= 11 is 1.23. The molecule has 1 aromatic heterocycles. The third kappa shape index (κ3) is 5.35. The van der Waals surface area contributed by atoms with Gasteiger partial charge in [-0.3, -0.25) is 4.79 Å². The van der Waals surface area contributed by atoms with Crippen LogP contribution in [0.3, 0.4) is 0 Å². The molecule has 2 aromatic carbocycles. The van der Waals surface area contributed by atoms with Gasteiger partial charge in [-0.15, -0.1) is 10.2 Å². The van der Waals surface area contributed by atoms with Gasteiger partial charge in [0.05, 0.1) is 5.75 Å². The number of aromatic nitrogens is 3. The quantitative estimate of drug-likeness (QED) is 0.530. The van der Waals surface area contributed by atoms with Gasteiger partial charge in [0.2, 0.25) is 5.91 Å². The van der Waals surface area contributed by atoms with E-state index in [0.717, 1.165) is 24.2 Å². The third-order valence-electron chi connectivity index (χ3n) is 4.41. The van der Waals surface area contributed by atoms with E-state index in [4.69, 9.17) is 4.74 Å². The van der Waals surface area contributed by atoms with Gasteiger partial charge in [-0.05, 0) is 43.2 Å². The Kier molecular flexibility index (Phi) is 7.04. The summed E-state index contributed by atoms with van der Waals surface area (Å²) in [4.78, 5) is 12.2. The van der Waals surface area contributed by atoms with Gasteiger partial charge in [-0.25, -0.2) is 8.78 Å². The van der Waals surface area contributed by atoms with Crippen molar-refractivity contribution in [3.05, 3.63) is 65.5 Å². The Morgan fingerprint density at radius 2 is 1.93 bits per heavy atom. The Bertz CT molecular complexity index is 1020. The fourth-order valence-electron chi connectivity index (χ4n) is 2.77. The van der Waals surface area contributed by atoms with E-state index < -0.39 is 17.7 Å². The van der Waals surface area contributed by atoms with Crippen molar-refractivity contribution in [1.29, 1.82) is 0 Å². The number of hydrogen-bond donors (Lipinski definition) is 1. The topological polar surface area (TPSA) is 69.0 Å². The number of nitrogens with zero attached hydrogens (tertiary/aromatic N) is 3. The molecule has 0 saturated heterocycles. The summed E-state index contributed by atoms with van der Waals surface area (Å²) in [6.45, 7) is 3.76. The predicted molar refractivity (Wildman–Crippen MR) is 112 cm³/mol. The van der Waals surface area contributed by atoms with Crippen LogP contribution in [-0.4, -0.2) is 26.4 Å². The minimum Gasteiger partial charge on any atom is -0.480 e. The summed E-state index contributed by atoms with van der Waals surface area (Å²) in [5.74, 6) is -1.09. The van der Waals surface area contributed by atoms with Crippen molar-refractivity contribution >= 4 is 23.4 Å². The van der Waals surface area contributed by atoms with Gasteiger partial charge in [0, 0.05) is 18.8 Å². The second kappa shape index (κ2) is 9.71. The molecule has 0 aliphatic heterocycles. The molecule has 1 heterocycles. The Labute approximate surface area is 177 Å². The van der Waals surface area contributed by atoms with Gasteiger partial charge in [0.1, 0.15) is 5.82 Å². The third-order valence-corrected chi connectivity index (χ3v) is 5.43. The highest BCUT2D eigenvalue weighted by Gasteiger charge is 2.19. The molecule has 3 rings (SSSR count). The maximum absolute atomic E-state index is 13.8. The SMILES string of the molecule is CCc1ccc(NC(=O)CSc2nnc(C(C)Oc3ccc(F)cc3F)n2C)cc1. The number of carbonyl (C=O) groups excluding carboxylic acids is 1. The number of nitrogens with one attached hydrogen (secondary N) is 1. The molecule has 3 aromatic rings. The lowest BCUT2D eigenvalue weighted by atomic mass is 10.1. The summed E-state index contributed by atoms with van der Waals surface area (Å²) in [5.41, 5.74) is 1.94. The van der Waals surface area contributed by atoms with E-state index in [9.17, 15) is 13.6 Å². The molecular weight excluding hydrogens is 410 g/mol. The van der Waals surface area contributed by atoms with E-state index in [1.165, 1.54) is 23.4 Å². The van der Waals surface area contributed by atoms with Crippen LogP contribution in [0.25, 0.3) is 0 Å². The molecule has 0 spiro atoms. The molecule has 30 heavy (non-hydrogen) atoms. The lowest BCUT2D eigenvalue weighted by Gasteiger charge is -2.14. The minimum atomic E-state index is -0.790. The number of amides is 1. The number of carbonyl (C=O) groups is 1. The van der Waals surface area contributed by atoms with Gasteiger partial charge in [-0.2, -0.15) is 0 Å². The van der Waals surface area contributed by atoms with Crippen molar-refractivity contribution in [1.82, 2.24) is 14.8 Å². The predicted octanol–water partition coefficient (Wildman–Crippen LogP) is 4.53. The molecule has 1 N–H and O–H groups in total. The maximum atomic E-state index is 13.8. The molecule has 1 unspecified atom stereocenters. The molecule has 0 fully saturated rings. The van der Waals surface area contributed by atoms with Crippen molar-refractivity contribution in [3.8, 4) is 5.75 Å². The Balaban J connectivity index is 1.58. The van der Waals surface area contributed by atoms with Crippen LogP contribution in [-0.2, 0) is 18.3 Å². The average molecular weight is 432 g/mol. The number of ether oxygens (including phenoxy) is 1. The summed E-state index contributed by atoms with van der Waals surface area (Å²) in [6.07, 6.45) is 0.317. The van der Waals surface area contributed by atoms with Gasteiger partial charge < -0.3 is 14.6 Å². The number of benzene rings is 2. The summed E-state index contributed by atoms with van der Waals surface area (Å²) in [7, 11) is 1.74. The van der Waals surface area contributed by atoms with Gasteiger partial charge in [-0.1, -0.05) is 30.8 Å². The van der Waals surface area contributed by atoms with Crippen LogP contribution in [0.4, 0.5) is 14.5 Å². The van der Waals surface area contributed by atoms with Crippen molar-refractivity contribution < 1.29 is 18.3 Å². The normalized spacial score (nSPS) is 11.9. The number of halogens is 2. The van der Waals surface area contributed by atoms with E-state index in [2.05, 4.69) is 22.4 Å². The number of aryl methyl sites for hydroxylation is 1. The number of anilines is 1. The van der Waals surface area contributed by atoms with E-state index in [1.807, 2.05) is 24.3 Å².